The zero-order valence-electron chi connectivity index (χ0n) is 12.3. The van der Waals surface area contributed by atoms with E-state index >= 15 is 0 Å². The fourth-order valence-corrected chi connectivity index (χ4v) is 3.13. The van der Waals surface area contributed by atoms with Crippen molar-refractivity contribution in [3.05, 3.63) is 46.0 Å². The van der Waals surface area contributed by atoms with Gasteiger partial charge in [0.15, 0.2) is 0 Å². The average Bonchev–Trinajstić information content (AvgIpc) is 2.47. The summed E-state index contributed by atoms with van der Waals surface area (Å²) in [6.45, 7) is 3.67. The highest BCUT2D eigenvalue weighted by atomic mass is 16.3. The monoisotopic (exact) mass is 287 g/mol. The van der Waals surface area contributed by atoms with Crippen LogP contribution in [0.25, 0.3) is 5.65 Å². The molecule has 0 aromatic carbocycles. The number of fused-ring (bicyclic) bond motifs is 1. The fraction of sp³-hybridized carbons (Fsp3) is 0.500. The van der Waals surface area contributed by atoms with Crippen LogP contribution in [0.1, 0.15) is 30.7 Å². The molecule has 3 heterocycles. The molecule has 0 amide bonds. The lowest BCUT2D eigenvalue weighted by molar-refractivity contribution is 0.0831. The van der Waals surface area contributed by atoms with Crippen molar-refractivity contribution in [3.63, 3.8) is 0 Å². The molecule has 0 saturated carbocycles. The molecule has 0 unspecified atom stereocenters. The summed E-state index contributed by atoms with van der Waals surface area (Å²) in [5.74, 6) is 0. The third-order valence-electron chi connectivity index (χ3n) is 4.26. The van der Waals surface area contributed by atoms with Crippen LogP contribution >= 0.6 is 0 Å². The highest BCUT2D eigenvalue weighted by Gasteiger charge is 2.22. The van der Waals surface area contributed by atoms with Gasteiger partial charge < -0.3 is 5.11 Å². The predicted molar refractivity (Wildman–Crippen MR) is 81.3 cm³/mol. The summed E-state index contributed by atoms with van der Waals surface area (Å²) in [6, 6.07) is 7.48. The van der Waals surface area contributed by atoms with Crippen LogP contribution in [0.3, 0.4) is 0 Å². The number of rotatable bonds is 3. The topological polar surface area (TPSA) is 57.8 Å². The van der Waals surface area contributed by atoms with Crippen molar-refractivity contribution in [1.29, 1.82) is 0 Å². The van der Waals surface area contributed by atoms with E-state index in [1.807, 2.05) is 25.1 Å². The molecule has 5 heteroatoms. The van der Waals surface area contributed by atoms with Gasteiger partial charge in [-0.2, -0.15) is 0 Å². The number of aliphatic hydroxyl groups is 1. The molecule has 1 aliphatic rings. The van der Waals surface area contributed by atoms with E-state index in [2.05, 4.69) is 9.88 Å². The third kappa shape index (κ3) is 2.84. The van der Waals surface area contributed by atoms with Crippen LogP contribution in [0.15, 0.2) is 29.1 Å². The molecular weight excluding hydrogens is 266 g/mol. The van der Waals surface area contributed by atoms with E-state index in [-0.39, 0.29) is 18.2 Å². The molecule has 1 saturated heterocycles. The molecule has 1 atom stereocenters. The first-order valence-corrected chi connectivity index (χ1v) is 7.52. The minimum atomic E-state index is -0.0364. The lowest BCUT2D eigenvalue weighted by Crippen LogP contribution is -2.41. The minimum Gasteiger partial charge on any atom is -0.395 e. The van der Waals surface area contributed by atoms with Crippen LogP contribution in [-0.4, -0.2) is 38.6 Å². The highest BCUT2D eigenvalue weighted by molar-refractivity contribution is 5.40. The molecule has 21 heavy (non-hydrogen) atoms. The SMILES string of the molecule is Cc1cccc2nc(CN3CCCC[C@@H]3CO)cc(=O)n12. The predicted octanol–water partition coefficient (Wildman–Crippen LogP) is 1.35. The summed E-state index contributed by atoms with van der Waals surface area (Å²) in [5.41, 5.74) is 2.33. The Labute approximate surface area is 123 Å². The summed E-state index contributed by atoms with van der Waals surface area (Å²) in [6.07, 6.45) is 3.32. The van der Waals surface area contributed by atoms with Gasteiger partial charge in [-0.1, -0.05) is 12.5 Å². The number of nitrogens with zero attached hydrogens (tertiary/aromatic N) is 3. The van der Waals surface area contributed by atoms with E-state index in [1.165, 1.54) is 0 Å². The van der Waals surface area contributed by atoms with Crippen molar-refractivity contribution in [2.24, 2.45) is 0 Å². The second-order valence-corrected chi connectivity index (χ2v) is 5.75. The molecule has 2 aromatic rings. The maximum Gasteiger partial charge on any atom is 0.258 e. The number of aryl methyl sites for hydroxylation is 1. The number of hydrogen-bond acceptors (Lipinski definition) is 4. The standard InChI is InChI=1S/C16H21N3O2/c1-12-5-4-7-15-17-13(9-16(21)19(12)15)10-18-8-3-2-6-14(18)11-20/h4-5,7,9,14,20H,2-3,6,8,10-11H2,1H3/t14-/m1/s1. The third-order valence-corrected chi connectivity index (χ3v) is 4.26. The van der Waals surface area contributed by atoms with Gasteiger partial charge in [0.2, 0.25) is 0 Å². The Morgan fingerprint density at radius 3 is 3.05 bits per heavy atom. The lowest BCUT2D eigenvalue weighted by Gasteiger charge is -2.34. The first kappa shape index (κ1) is 14.2. The molecule has 1 N–H and O–H groups in total. The number of likely N-dealkylation sites (tertiary alicyclic amines) is 1. The first-order valence-electron chi connectivity index (χ1n) is 7.52. The van der Waals surface area contributed by atoms with Crippen LogP contribution in [0.2, 0.25) is 0 Å². The molecule has 0 bridgehead atoms. The summed E-state index contributed by atoms with van der Waals surface area (Å²) in [5, 5.41) is 9.47. The van der Waals surface area contributed by atoms with E-state index in [0.29, 0.717) is 12.2 Å². The van der Waals surface area contributed by atoms with Gasteiger partial charge in [-0.15, -0.1) is 0 Å². The van der Waals surface area contributed by atoms with Crippen molar-refractivity contribution in [1.82, 2.24) is 14.3 Å². The molecular formula is C16H21N3O2. The Morgan fingerprint density at radius 2 is 2.24 bits per heavy atom. The zero-order valence-corrected chi connectivity index (χ0v) is 12.3. The van der Waals surface area contributed by atoms with Gasteiger partial charge in [0.25, 0.3) is 5.56 Å². The molecule has 3 rings (SSSR count). The number of piperidine rings is 1. The van der Waals surface area contributed by atoms with Crippen molar-refractivity contribution >= 4 is 5.65 Å². The normalized spacial score (nSPS) is 20.0. The van der Waals surface area contributed by atoms with Gasteiger partial charge in [-0.05, 0) is 38.4 Å². The molecule has 112 valence electrons. The summed E-state index contributed by atoms with van der Waals surface area (Å²) in [7, 11) is 0. The Balaban J connectivity index is 1.92. The highest BCUT2D eigenvalue weighted by Crippen LogP contribution is 2.18. The van der Waals surface area contributed by atoms with E-state index in [0.717, 1.165) is 37.2 Å². The van der Waals surface area contributed by atoms with Crippen molar-refractivity contribution in [3.8, 4) is 0 Å². The summed E-state index contributed by atoms with van der Waals surface area (Å²) in [4.78, 5) is 19.1. The van der Waals surface area contributed by atoms with E-state index in [1.54, 1.807) is 10.5 Å². The fourth-order valence-electron chi connectivity index (χ4n) is 3.13. The molecule has 2 aromatic heterocycles. The average molecular weight is 287 g/mol. The molecule has 1 aliphatic heterocycles. The van der Waals surface area contributed by atoms with Crippen LogP contribution in [0.4, 0.5) is 0 Å². The lowest BCUT2D eigenvalue weighted by atomic mass is 10.0. The maximum atomic E-state index is 12.3. The van der Waals surface area contributed by atoms with Crippen LogP contribution in [0, 0.1) is 6.92 Å². The minimum absolute atomic E-state index is 0.0364. The summed E-state index contributed by atoms with van der Waals surface area (Å²) < 4.78 is 1.63. The summed E-state index contributed by atoms with van der Waals surface area (Å²) >= 11 is 0. The quantitative estimate of drug-likeness (QED) is 0.926. The Bertz CT molecular complexity index is 695. The van der Waals surface area contributed by atoms with Crippen molar-refractivity contribution < 1.29 is 5.11 Å². The molecule has 0 aliphatic carbocycles. The number of hydrogen-bond donors (Lipinski definition) is 1. The van der Waals surface area contributed by atoms with Gasteiger partial charge in [-0.3, -0.25) is 14.1 Å². The zero-order chi connectivity index (χ0) is 14.8. The Morgan fingerprint density at radius 1 is 1.38 bits per heavy atom. The van der Waals surface area contributed by atoms with Gasteiger partial charge in [0.05, 0.1) is 12.3 Å². The number of aromatic nitrogens is 2. The van der Waals surface area contributed by atoms with E-state index < -0.39 is 0 Å². The number of aliphatic hydroxyl groups excluding tert-OH is 1. The number of pyridine rings is 1. The van der Waals surface area contributed by atoms with Crippen molar-refractivity contribution in [2.75, 3.05) is 13.2 Å². The molecule has 0 radical (unpaired) electrons. The molecule has 0 spiro atoms. The first-order chi connectivity index (χ1) is 10.2. The van der Waals surface area contributed by atoms with Gasteiger partial charge in [-0.25, -0.2) is 4.98 Å². The van der Waals surface area contributed by atoms with Gasteiger partial charge in [0, 0.05) is 24.3 Å². The Kier molecular flexibility index (Phi) is 4.03. The largest absolute Gasteiger partial charge is 0.395 e. The Hall–Kier alpha value is -1.72. The molecule has 1 fully saturated rings. The smallest absolute Gasteiger partial charge is 0.258 e. The van der Waals surface area contributed by atoms with E-state index in [4.69, 9.17) is 0 Å². The second-order valence-electron chi connectivity index (χ2n) is 5.75. The maximum absolute atomic E-state index is 12.3. The van der Waals surface area contributed by atoms with Crippen LogP contribution in [-0.2, 0) is 6.54 Å². The van der Waals surface area contributed by atoms with E-state index in [9.17, 15) is 9.90 Å². The molecule has 5 nitrogen and oxygen atoms in total. The van der Waals surface area contributed by atoms with Gasteiger partial charge in [0.1, 0.15) is 5.65 Å². The van der Waals surface area contributed by atoms with Gasteiger partial charge >= 0.3 is 0 Å². The van der Waals surface area contributed by atoms with Crippen molar-refractivity contribution in [2.45, 2.75) is 38.8 Å². The van der Waals surface area contributed by atoms with Crippen LogP contribution < -0.4 is 5.56 Å². The van der Waals surface area contributed by atoms with Crippen LogP contribution in [0.5, 0.6) is 0 Å². The second kappa shape index (κ2) is 5.95.